The van der Waals surface area contributed by atoms with Crippen LogP contribution < -0.4 is 5.73 Å². The number of rotatable bonds is 4. The molecule has 19 heavy (non-hydrogen) atoms. The first kappa shape index (κ1) is 13.4. The van der Waals surface area contributed by atoms with Crippen LogP contribution in [0.1, 0.15) is 17.3 Å². The quantitative estimate of drug-likeness (QED) is 0.838. The van der Waals surface area contributed by atoms with Crippen molar-refractivity contribution in [3.8, 4) is 11.1 Å². The van der Waals surface area contributed by atoms with Crippen LogP contribution in [-0.4, -0.2) is 21.8 Å². The summed E-state index contributed by atoms with van der Waals surface area (Å²) in [6.45, 7) is 2.10. The summed E-state index contributed by atoms with van der Waals surface area (Å²) >= 11 is 1.76. The summed E-state index contributed by atoms with van der Waals surface area (Å²) in [5, 5.41) is 9.03. The second kappa shape index (κ2) is 5.75. The van der Waals surface area contributed by atoms with Crippen LogP contribution in [0.25, 0.3) is 11.1 Å². The molecule has 0 spiro atoms. The largest absolute Gasteiger partial charge is 0.478 e. The van der Waals surface area contributed by atoms with E-state index in [1.165, 1.54) is 4.90 Å². The number of nitrogen functional groups attached to an aromatic ring is 1. The third-order valence-corrected chi connectivity index (χ3v) is 3.54. The van der Waals surface area contributed by atoms with Crippen LogP contribution in [0.2, 0.25) is 0 Å². The fourth-order valence-electron chi connectivity index (χ4n) is 1.71. The minimum Gasteiger partial charge on any atom is -0.478 e. The van der Waals surface area contributed by atoms with Gasteiger partial charge in [-0.2, -0.15) is 0 Å². The smallest absolute Gasteiger partial charge is 0.339 e. The molecule has 2 aromatic rings. The lowest BCUT2D eigenvalue weighted by Gasteiger charge is -2.06. The number of benzene rings is 1. The highest BCUT2D eigenvalue weighted by Crippen LogP contribution is 2.25. The molecular formula is C14H14N2O2S. The molecule has 0 aliphatic heterocycles. The average Bonchev–Trinajstić information content (AvgIpc) is 2.40. The van der Waals surface area contributed by atoms with E-state index in [9.17, 15) is 4.79 Å². The molecule has 0 aliphatic rings. The summed E-state index contributed by atoms with van der Waals surface area (Å²) in [5.41, 5.74) is 7.24. The molecule has 0 saturated heterocycles. The molecule has 0 aliphatic carbocycles. The Kier molecular flexibility index (Phi) is 4.06. The Morgan fingerprint density at radius 2 is 2.00 bits per heavy atom. The standard InChI is InChI=1S/C14H14N2O2S/c1-2-19-11-5-3-9(4-6-11)10-7-12(14(17)18)13(15)16-8-10/h3-8H,2H2,1H3,(H2,15,16)(H,17,18). The summed E-state index contributed by atoms with van der Waals surface area (Å²) in [7, 11) is 0. The van der Waals surface area contributed by atoms with Gasteiger partial charge in [0.25, 0.3) is 0 Å². The van der Waals surface area contributed by atoms with Gasteiger partial charge in [0, 0.05) is 16.7 Å². The Morgan fingerprint density at radius 3 is 2.58 bits per heavy atom. The zero-order valence-electron chi connectivity index (χ0n) is 10.5. The van der Waals surface area contributed by atoms with Gasteiger partial charge in [-0.3, -0.25) is 0 Å². The Morgan fingerprint density at radius 1 is 1.32 bits per heavy atom. The van der Waals surface area contributed by atoms with E-state index in [2.05, 4.69) is 11.9 Å². The third-order valence-electron chi connectivity index (χ3n) is 2.65. The van der Waals surface area contributed by atoms with Gasteiger partial charge in [0.15, 0.2) is 0 Å². The van der Waals surface area contributed by atoms with Crippen LogP contribution in [0.4, 0.5) is 5.82 Å². The second-order valence-electron chi connectivity index (χ2n) is 3.92. The lowest BCUT2D eigenvalue weighted by atomic mass is 10.1. The fraction of sp³-hybridized carbons (Fsp3) is 0.143. The van der Waals surface area contributed by atoms with E-state index in [1.54, 1.807) is 24.0 Å². The van der Waals surface area contributed by atoms with E-state index >= 15 is 0 Å². The Bertz CT molecular complexity index is 597. The number of hydrogen-bond donors (Lipinski definition) is 2. The van der Waals surface area contributed by atoms with Crippen molar-refractivity contribution < 1.29 is 9.90 Å². The Hall–Kier alpha value is -2.01. The SMILES string of the molecule is CCSc1ccc(-c2cnc(N)c(C(=O)O)c2)cc1. The van der Waals surface area contributed by atoms with Gasteiger partial charge in [0.1, 0.15) is 11.4 Å². The maximum absolute atomic E-state index is 11.0. The van der Waals surface area contributed by atoms with E-state index in [0.717, 1.165) is 16.9 Å². The van der Waals surface area contributed by atoms with E-state index in [1.807, 2.05) is 24.3 Å². The summed E-state index contributed by atoms with van der Waals surface area (Å²) in [6.07, 6.45) is 1.59. The predicted molar refractivity (Wildman–Crippen MR) is 77.4 cm³/mol. The van der Waals surface area contributed by atoms with Gasteiger partial charge in [0.2, 0.25) is 0 Å². The van der Waals surface area contributed by atoms with Gasteiger partial charge in [-0.05, 0) is 29.5 Å². The van der Waals surface area contributed by atoms with Crippen LogP contribution in [0, 0.1) is 0 Å². The molecule has 4 nitrogen and oxygen atoms in total. The van der Waals surface area contributed by atoms with Crippen molar-refractivity contribution in [1.82, 2.24) is 4.98 Å². The average molecular weight is 274 g/mol. The fourth-order valence-corrected chi connectivity index (χ4v) is 2.38. The number of thioether (sulfide) groups is 1. The first-order valence-electron chi connectivity index (χ1n) is 5.84. The van der Waals surface area contributed by atoms with Gasteiger partial charge in [-0.15, -0.1) is 11.8 Å². The van der Waals surface area contributed by atoms with Crippen molar-refractivity contribution in [1.29, 1.82) is 0 Å². The summed E-state index contributed by atoms with van der Waals surface area (Å²) in [4.78, 5) is 16.1. The first-order chi connectivity index (χ1) is 9.11. The molecule has 0 atom stereocenters. The molecule has 0 amide bonds. The minimum absolute atomic E-state index is 0.0320. The van der Waals surface area contributed by atoms with Gasteiger partial charge in [-0.1, -0.05) is 19.1 Å². The van der Waals surface area contributed by atoms with Crippen molar-refractivity contribution in [3.63, 3.8) is 0 Å². The van der Waals surface area contributed by atoms with E-state index < -0.39 is 5.97 Å². The lowest BCUT2D eigenvalue weighted by Crippen LogP contribution is -2.04. The highest BCUT2D eigenvalue weighted by molar-refractivity contribution is 7.99. The van der Waals surface area contributed by atoms with Crippen molar-refractivity contribution >= 4 is 23.5 Å². The van der Waals surface area contributed by atoms with E-state index in [0.29, 0.717) is 0 Å². The molecule has 0 unspecified atom stereocenters. The topological polar surface area (TPSA) is 76.2 Å². The molecule has 1 heterocycles. The van der Waals surface area contributed by atoms with Crippen LogP contribution >= 0.6 is 11.8 Å². The van der Waals surface area contributed by atoms with E-state index in [-0.39, 0.29) is 11.4 Å². The molecule has 0 radical (unpaired) electrons. The molecule has 1 aromatic heterocycles. The van der Waals surface area contributed by atoms with Gasteiger partial charge < -0.3 is 10.8 Å². The number of anilines is 1. The zero-order chi connectivity index (χ0) is 13.8. The molecule has 2 rings (SSSR count). The summed E-state index contributed by atoms with van der Waals surface area (Å²) in [6, 6.07) is 9.49. The number of pyridine rings is 1. The number of carboxylic acids is 1. The van der Waals surface area contributed by atoms with Crippen LogP contribution in [0.15, 0.2) is 41.4 Å². The molecule has 0 bridgehead atoms. The maximum atomic E-state index is 11.0. The number of aromatic nitrogens is 1. The van der Waals surface area contributed by atoms with E-state index in [4.69, 9.17) is 10.8 Å². The summed E-state index contributed by atoms with van der Waals surface area (Å²) < 4.78 is 0. The van der Waals surface area contributed by atoms with Crippen molar-refractivity contribution in [2.24, 2.45) is 0 Å². The first-order valence-corrected chi connectivity index (χ1v) is 6.82. The van der Waals surface area contributed by atoms with Crippen molar-refractivity contribution in [2.75, 3.05) is 11.5 Å². The minimum atomic E-state index is -1.06. The molecule has 1 aromatic carbocycles. The second-order valence-corrected chi connectivity index (χ2v) is 5.26. The lowest BCUT2D eigenvalue weighted by molar-refractivity contribution is 0.0697. The zero-order valence-corrected chi connectivity index (χ0v) is 11.3. The predicted octanol–water partition coefficient (Wildman–Crippen LogP) is 3.14. The summed E-state index contributed by atoms with van der Waals surface area (Å²) in [5.74, 6) is -0.00854. The monoisotopic (exact) mass is 274 g/mol. The molecule has 0 fully saturated rings. The number of nitrogens with zero attached hydrogens (tertiary/aromatic N) is 1. The number of hydrogen-bond acceptors (Lipinski definition) is 4. The van der Waals surface area contributed by atoms with Crippen molar-refractivity contribution in [2.45, 2.75) is 11.8 Å². The maximum Gasteiger partial charge on any atom is 0.339 e. The number of carbonyl (C=O) groups is 1. The highest BCUT2D eigenvalue weighted by Gasteiger charge is 2.10. The molecule has 98 valence electrons. The Balaban J connectivity index is 2.36. The Labute approximate surface area is 115 Å². The number of aromatic carboxylic acids is 1. The normalized spacial score (nSPS) is 10.4. The van der Waals surface area contributed by atoms with Gasteiger partial charge in [0.05, 0.1) is 0 Å². The van der Waals surface area contributed by atoms with Crippen LogP contribution in [-0.2, 0) is 0 Å². The number of carboxylic acid groups (broad SMARTS) is 1. The van der Waals surface area contributed by atoms with Gasteiger partial charge >= 0.3 is 5.97 Å². The van der Waals surface area contributed by atoms with Crippen LogP contribution in [0.3, 0.4) is 0 Å². The third kappa shape index (κ3) is 3.06. The molecule has 0 saturated carbocycles. The molecular weight excluding hydrogens is 260 g/mol. The van der Waals surface area contributed by atoms with Crippen molar-refractivity contribution in [3.05, 3.63) is 42.1 Å². The van der Waals surface area contributed by atoms with Crippen LogP contribution in [0.5, 0.6) is 0 Å². The highest BCUT2D eigenvalue weighted by atomic mass is 32.2. The molecule has 5 heteroatoms. The van der Waals surface area contributed by atoms with Gasteiger partial charge in [-0.25, -0.2) is 9.78 Å². The molecule has 3 N–H and O–H groups in total. The number of nitrogens with two attached hydrogens (primary N) is 1.